The van der Waals surface area contributed by atoms with Gasteiger partial charge in [-0.3, -0.25) is 0 Å². The fraction of sp³-hybridized carbons (Fsp3) is 0.800. The highest BCUT2D eigenvalue weighted by atomic mass is 32.2. The molecule has 0 heterocycles. The van der Waals surface area contributed by atoms with E-state index in [1.807, 2.05) is 25.6 Å². The molecule has 2 aliphatic carbocycles. The van der Waals surface area contributed by atoms with Crippen LogP contribution in [-0.2, 0) is 4.43 Å². The van der Waals surface area contributed by atoms with E-state index in [4.69, 9.17) is 4.43 Å². The van der Waals surface area contributed by atoms with Crippen molar-refractivity contribution in [3.05, 3.63) is 30.3 Å². The second kappa shape index (κ2) is 11.0. The molecule has 5 atom stereocenters. The van der Waals surface area contributed by atoms with Crippen LogP contribution in [-0.4, -0.2) is 30.9 Å². The highest BCUT2D eigenvalue weighted by Gasteiger charge is 2.54. The molecule has 2 nitrogen and oxygen atoms in total. The highest BCUT2D eigenvalue weighted by Crippen LogP contribution is 2.60. The summed E-state index contributed by atoms with van der Waals surface area (Å²) in [6, 6.07) is 10.9. The quantitative estimate of drug-likeness (QED) is 0.255. The van der Waals surface area contributed by atoms with Crippen molar-refractivity contribution in [3.8, 4) is 0 Å². The molecule has 1 N–H and O–H groups in total. The molecule has 2 aliphatic rings. The molecule has 0 spiro atoms. The standard InChI is InChI=1S/C30H52O2SSi/c1-28(2,3)34(7,8)32-27-17-13-21-30(6)25(18-19-26(27)30)23(14-12-20-29(4,5)31)22-33-24-15-10-9-11-16-24/h9-11,15-16,23,25-27,31H,12-14,17-22H2,1-8H3/t23-,25?,26?,27-,30+/m0/s1. The molecule has 1 aromatic rings. The zero-order chi connectivity index (χ0) is 25.2. The molecule has 34 heavy (non-hydrogen) atoms. The number of fused-ring (bicyclic) bond motifs is 1. The Balaban J connectivity index is 1.76. The monoisotopic (exact) mass is 504 g/mol. The molecule has 2 unspecified atom stereocenters. The van der Waals surface area contributed by atoms with Crippen LogP contribution in [0.1, 0.15) is 92.9 Å². The minimum absolute atomic E-state index is 0.269. The van der Waals surface area contributed by atoms with Gasteiger partial charge in [-0.25, -0.2) is 0 Å². The van der Waals surface area contributed by atoms with Crippen LogP contribution in [0.2, 0.25) is 18.1 Å². The molecule has 2 fully saturated rings. The zero-order valence-electron chi connectivity index (χ0n) is 23.3. The summed E-state index contributed by atoms with van der Waals surface area (Å²) in [5.41, 5.74) is -0.173. The predicted molar refractivity (Wildman–Crippen MR) is 151 cm³/mol. The maximum absolute atomic E-state index is 10.3. The SMILES string of the molecule is CC(C)(O)CCC[C@@H](CSc1ccccc1)C1CCC2[C@@H](O[Si](C)(C)C(C)(C)C)CCC[C@]12C. The largest absolute Gasteiger partial charge is 0.414 e. The molecule has 0 saturated heterocycles. The van der Waals surface area contributed by atoms with E-state index < -0.39 is 13.9 Å². The Kier molecular flexibility index (Phi) is 9.14. The van der Waals surface area contributed by atoms with Crippen molar-refractivity contribution in [2.24, 2.45) is 23.2 Å². The van der Waals surface area contributed by atoms with E-state index in [0.29, 0.717) is 23.4 Å². The van der Waals surface area contributed by atoms with E-state index in [9.17, 15) is 5.11 Å². The first-order chi connectivity index (χ1) is 15.7. The highest BCUT2D eigenvalue weighted by molar-refractivity contribution is 7.99. The third kappa shape index (κ3) is 6.92. The van der Waals surface area contributed by atoms with Gasteiger partial charge in [0.1, 0.15) is 0 Å². The van der Waals surface area contributed by atoms with E-state index in [0.717, 1.165) is 18.8 Å². The molecule has 0 radical (unpaired) electrons. The Bertz CT molecular complexity index is 766. The average molecular weight is 505 g/mol. The summed E-state index contributed by atoms with van der Waals surface area (Å²) >= 11 is 2.04. The number of hydrogen-bond acceptors (Lipinski definition) is 3. The number of aliphatic hydroxyl groups is 1. The van der Waals surface area contributed by atoms with Gasteiger partial charge in [-0.2, -0.15) is 0 Å². The zero-order valence-corrected chi connectivity index (χ0v) is 25.1. The van der Waals surface area contributed by atoms with Gasteiger partial charge < -0.3 is 9.53 Å². The van der Waals surface area contributed by atoms with Crippen LogP contribution < -0.4 is 0 Å². The smallest absolute Gasteiger partial charge is 0.192 e. The Morgan fingerprint density at radius 3 is 2.38 bits per heavy atom. The first kappa shape index (κ1) is 28.3. The Morgan fingerprint density at radius 1 is 1.09 bits per heavy atom. The topological polar surface area (TPSA) is 29.5 Å². The van der Waals surface area contributed by atoms with Gasteiger partial charge in [-0.05, 0) is 106 Å². The van der Waals surface area contributed by atoms with Crippen molar-refractivity contribution < 1.29 is 9.53 Å². The van der Waals surface area contributed by atoms with Crippen molar-refractivity contribution in [1.29, 1.82) is 0 Å². The Hall–Kier alpha value is -0.293. The van der Waals surface area contributed by atoms with Gasteiger partial charge in [0.25, 0.3) is 0 Å². The fourth-order valence-electron chi connectivity index (χ4n) is 6.55. The molecule has 1 aromatic carbocycles. The summed E-state index contributed by atoms with van der Waals surface area (Å²) in [6.07, 6.45) is 10.3. The first-order valence-corrected chi connectivity index (χ1v) is 17.7. The van der Waals surface area contributed by atoms with Crippen LogP contribution in [0.15, 0.2) is 35.2 Å². The molecular formula is C30H52O2SSi. The minimum Gasteiger partial charge on any atom is -0.414 e. The second-order valence-electron chi connectivity index (χ2n) is 13.7. The fourth-order valence-corrected chi connectivity index (χ4v) is 9.10. The van der Waals surface area contributed by atoms with E-state index in [1.165, 1.54) is 49.2 Å². The Morgan fingerprint density at radius 2 is 1.76 bits per heavy atom. The summed E-state index contributed by atoms with van der Waals surface area (Å²) in [5.74, 6) is 3.37. The van der Waals surface area contributed by atoms with Gasteiger partial charge in [0.15, 0.2) is 8.32 Å². The summed E-state index contributed by atoms with van der Waals surface area (Å²) in [4.78, 5) is 1.39. The second-order valence-corrected chi connectivity index (χ2v) is 19.5. The van der Waals surface area contributed by atoms with Gasteiger partial charge in [-0.1, -0.05) is 58.7 Å². The van der Waals surface area contributed by atoms with E-state index in [2.05, 4.69) is 71.1 Å². The van der Waals surface area contributed by atoms with E-state index in [-0.39, 0.29) is 5.04 Å². The van der Waals surface area contributed by atoms with Crippen LogP contribution >= 0.6 is 11.8 Å². The lowest BCUT2D eigenvalue weighted by Crippen LogP contribution is -2.50. The molecule has 4 heteroatoms. The number of rotatable bonds is 10. The minimum atomic E-state index is -1.77. The number of thioether (sulfide) groups is 1. The summed E-state index contributed by atoms with van der Waals surface area (Å²) in [6.45, 7) is 18.5. The third-order valence-electron chi connectivity index (χ3n) is 9.53. The van der Waals surface area contributed by atoms with Crippen molar-refractivity contribution >= 4 is 20.1 Å². The molecule has 0 aromatic heterocycles. The Labute approximate surface area is 216 Å². The molecule has 0 bridgehead atoms. The predicted octanol–water partition coefficient (Wildman–Crippen LogP) is 8.94. The lowest BCUT2D eigenvalue weighted by Gasteiger charge is -2.50. The van der Waals surface area contributed by atoms with Crippen molar-refractivity contribution in [1.82, 2.24) is 0 Å². The molecule has 2 saturated carbocycles. The average Bonchev–Trinajstić information content (AvgIpc) is 3.07. The normalized spacial score (nSPS) is 29.1. The summed E-state index contributed by atoms with van der Waals surface area (Å²) in [7, 11) is -1.77. The van der Waals surface area contributed by atoms with Gasteiger partial charge in [0.05, 0.1) is 5.60 Å². The van der Waals surface area contributed by atoms with Crippen LogP contribution in [0, 0.1) is 23.2 Å². The lowest BCUT2D eigenvalue weighted by molar-refractivity contribution is -0.0214. The van der Waals surface area contributed by atoms with Crippen molar-refractivity contribution in [2.75, 3.05) is 5.75 Å². The summed E-state index contributed by atoms with van der Waals surface area (Å²) in [5, 5.41) is 10.6. The van der Waals surface area contributed by atoms with E-state index >= 15 is 0 Å². The van der Waals surface area contributed by atoms with Crippen LogP contribution in [0.4, 0.5) is 0 Å². The van der Waals surface area contributed by atoms with Crippen LogP contribution in [0.5, 0.6) is 0 Å². The summed E-state index contributed by atoms with van der Waals surface area (Å²) < 4.78 is 7.11. The number of benzene rings is 1. The molecule has 0 aliphatic heterocycles. The lowest BCUT2D eigenvalue weighted by atomic mass is 9.61. The number of hydrogen-bond donors (Lipinski definition) is 1. The molecule has 0 amide bonds. The maximum atomic E-state index is 10.3. The molecule has 3 rings (SSSR count). The molecule has 194 valence electrons. The third-order valence-corrected chi connectivity index (χ3v) is 15.2. The van der Waals surface area contributed by atoms with Gasteiger partial charge in [0.2, 0.25) is 0 Å². The molecular weight excluding hydrogens is 452 g/mol. The van der Waals surface area contributed by atoms with Gasteiger partial charge in [-0.15, -0.1) is 11.8 Å². The van der Waals surface area contributed by atoms with Crippen LogP contribution in [0.3, 0.4) is 0 Å². The van der Waals surface area contributed by atoms with Crippen molar-refractivity contribution in [2.45, 2.75) is 128 Å². The van der Waals surface area contributed by atoms with E-state index in [1.54, 1.807) is 0 Å². The van der Waals surface area contributed by atoms with Crippen LogP contribution in [0.25, 0.3) is 0 Å². The maximum Gasteiger partial charge on any atom is 0.192 e. The first-order valence-electron chi connectivity index (χ1n) is 13.8. The van der Waals surface area contributed by atoms with Gasteiger partial charge in [0, 0.05) is 16.8 Å². The van der Waals surface area contributed by atoms with Crippen molar-refractivity contribution in [3.63, 3.8) is 0 Å². The van der Waals surface area contributed by atoms with Gasteiger partial charge >= 0.3 is 0 Å².